The predicted octanol–water partition coefficient (Wildman–Crippen LogP) is -7.93. The third kappa shape index (κ3) is 7.96. The maximum absolute atomic E-state index is 10.2. The first-order valence-corrected chi connectivity index (χ1v) is 5.50. The van der Waals surface area contributed by atoms with Gasteiger partial charge in [-0.15, -0.1) is 0 Å². The van der Waals surface area contributed by atoms with Gasteiger partial charge in [0, 0.05) is 0 Å². The van der Waals surface area contributed by atoms with Crippen LogP contribution in [0.3, 0.4) is 0 Å². The van der Waals surface area contributed by atoms with E-state index in [4.69, 9.17) is 14.3 Å². The van der Waals surface area contributed by atoms with E-state index >= 15 is 0 Å². The van der Waals surface area contributed by atoms with Crippen LogP contribution in [0.4, 0.5) is 0 Å². The minimum absolute atomic E-state index is 0. The monoisotopic (exact) mass is 267 g/mol. The van der Waals surface area contributed by atoms with Crippen molar-refractivity contribution < 1.29 is 90.3 Å². The Labute approximate surface area is 125 Å². The quantitative estimate of drug-likeness (QED) is 0.223. The topological polar surface area (TPSA) is 141 Å². The van der Waals surface area contributed by atoms with Crippen molar-refractivity contribution in [2.45, 2.75) is 4.58 Å². The summed E-state index contributed by atoms with van der Waals surface area (Å²) in [5.41, 5.74) is 1.20. The van der Waals surface area contributed by atoms with Gasteiger partial charge < -0.3 is 5.21 Å². The second-order valence-corrected chi connectivity index (χ2v) is 5.32. The fourth-order valence-electron chi connectivity index (χ4n) is 0.439. The summed E-state index contributed by atoms with van der Waals surface area (Å²) in [7, 11) is -9.89. The normalized spacial score (nSPS) is 11.7. The summed E-state index contributed by atoms with van der Waals surface area (Å²) >= 11 is 0. The molecule has 0 radical (unpaired) electrons. The van der Waals surface area contributed by atoms with Gasteiger partial charge in [0.2, 0.25) is 4.58 Å². The largest absolute Gasteiger partial charge is 1.00 e. The van der Waals surface area contributed by atoms with Crippen molar-refractivity contribution in [1.29, 1.82) is 0 Å². The Kier molecular flexibility index (Phi) is 11.9. The van der Waals surface area contributed by atoms with Crippen LogP contribution in [-0.2, 0) is 20.2 Å². The molecule has 0 atom stereocenters. The molecule has 0 saturated carbocycles. The van der Waals surface area contributed by atoms with Crippen LogP contribution in [0.15, 0.2) is 0 Å². The maximum Gasteiger partial charge on any atom is 1.00 e. The van der Waals surface area contributed by atoms with Crippen molar-refractivity contribution in [2.24, 2.45) is 0 Å². The van der Waals surface area contributed by atoms with Crippen molar-refractivity contribution in [2.75, 3.05) is 6.54 Å². The molecule has 0 fully saturated rings. The van der Waals surface area contributed by atoms with E-state index in [1.807, 2.05) is 0 Å². The molecule has 0 aromatic carbocycles. The molecule has 8 nitrogen and oxygen atoms in total. The molecule has 0 aliphatic carbocycles. The standard InChI is InChI=1S/C2H7NO7S2.2Na/c4-3-1-2(11(5,6)7)12(8,9)10;;/h2-4H,1H2,(H,5,6,7)(H,8,9,10);;/q;2*+1. The van der Waals surface area contributed by atoms with Gasteiger partial charge in [0.05, 0.1) is 6.54 Å². The Morgan fingerprint density at radius 1 is 1.00 bits per heavy atom. The zero-order valence-electron chi connectivity index (χ0n) is 7.58. The number of nitrogens with one attached hydrogen (secondary N) is 1. The van der Waals surface area contributed by atoms with Crippen LogP contribution in [0.1, 0.15) is 0 Å². The first-order valence-electron chi connectivity index (χ1n) is 2.49. The average molecular weight is 267 g/mol. The van der Waals surface area contributed by atoms with Gasteiger partial charge in [-0.25, -0.2) is 5.48 Å². The Morgan fingerprint density at radius 2 is 1.29 bits per heavy atom. The maximum atomic E-state index is 10.2. The second-order valence-electron chi connectivity index (χ2n) is 1.82. The van der Waals surface area contributed by atoms with Crippen LogP contribution in [0.2, 0.25) is 0 Å². The van der Waals surface area contributed by atoms with Gasteiger partial charge in [0.25, 0.3) is 20.2 Å². The molecular formula is C2H7NNa2O7S2+2. The summed E-state index contributed by atoms with van der Waals surface area (Å²) in [6, 6.07) is 0. The van der Waals surface area contributed by atoms with Crippen LogP contribution >= 0.6 is 0 Å². The molecule has 74 valence electrons. The molecule has 12 heteroatoms. The van der Waals surface area contributed by atoms with E-state index in [0.717, 1.165) is 0 Å². The van der Waals surface area contributed by atoms with Crippen molar-refractivity contribution in [3.63, 3.8) is 0 Å². The molecule has 0 unspecified atom stereocenters. The summed E-state index contributed by atoms with van der Waals surface area (Å²) in [5, 5.41) is 7.96. The van der Waals surface area contributed by atoms with Crippen LogP contribution in [-0.4, -0.2) is 42.3 Å². The minimum atomic E-state index is -4.95. The zero-order chi connectivity index (χ0) is 9.99. The first kappa shape index (κ1) is 21.1. The van der Waals surface area contributed by atoms with E-state index in [0.29, 0.717) is 0 Å². The summed E-state index contributed by atoms with van der Waals surface area (Å²) in [6.45, 7) is -1.02. The van der Waals surface area contributed by atoms with Gasteiger partial charge in [-0.05, 0) is 0 Å². The smallest absolute Gasteiger partial charge is 0.317 e. The van der Waals surface area contributed by atoms with Gasteiger partial charge in [-0.1, -0.05) is 0 Å². The fraction of sp³-hybridized carbons (Fsp3) is 1.00. The van der Waals surface area contributed by atoms with E-state index < -0.39 is 31.4 Å². The van der Waals surface area contributed by atoms with E-state index in [-0.39, 0.29) is 59.1 Å². The summed E-state index contributed by atoms with van der Waals surface area (Å²) in [5.74, 6) is 0. The fourth-order valence-corrected chi connectivity index (χ4v) is 2.24. The molecule has 0 aliphatic rings. The van der Waals surface area contributed by atoms with E-state index in [1.165, 1.54) is 5.48 Å². The molecule has 0 spiro atoms. The minimum Gasteiger partial charge on any atom is -0.317 e. The van der Waals surface area contributed by atoms with E-state index in [2.05, 4.69) is 0 Å². The number of hydroxylamine groups is 1. The molecule has 4 N–H and O–H groups in total. The van der Waals surface area contributed by atoms with Gasteiger partial charge in [0.15, 0.2) is 0 Å². The summed E-state index contributed by atoms with van der Waals surface area (Å²) < 4.78 is 54.9. The van der Waals surface area contributed by atoms with Crippen LogP contribution < -0.4 is 64.6 Å². The van der Waals surface area contributed by atoms with Gasteiger partial charge in [-0.3, -0.25) is 9.11 Å². The van der Waals surface area contributed by atoms with Crippen molar-refractivity contribution >= 4 is 20.2 Å². The van der Waals surface area contributed by atoms with E-state index in [9.17, 15) is 16.8 Å². The van der Waals surface area contributed by atoms with Gasteiger partial charge in [0.1, 0.15) is 0 Å². The Hall–Kier alpha value is 1.74. The second kappa shape index (κ2) is 7.92. The summed E-state index contributed by atoms with van der Waals surface area (Å²) in [6.07, 6.45) is 0. The average Bonchev–Trinajstić information content (AvgIpc) is 1.77. The Bertz CT molecular complexity index is 303. The Morgan fingerprint density at radius 3 is 1.36 bits per heavy atom. The number of rotatable bonds is 4. The Balaban J connectivity index is -0.000000605. The molecule has 0 aliphatic heterocycles. The summed E-state index contributed by atoms with van der Waals surface area (Å²) in [4.78, 5) is 0. The molecule has 0 rings (SSSR count). The SMILES string of the molecule is O=S(=O)(O)C(CNO)S(=O)(=O)O.[Na+].[Na+]. The van der Waals surface area contributed by atoms with Gasteiger partial charge in [-0.2, -0.15) is 16.8 Å². The molecule has 0 saturated heterocycles. The molecular weight excluding hydrogens is 260 g/mol. The zero-order valence-corrected chi connectivity index (χ0v) is 13.2. The molecule has 0 bridgehead atoms. The molecule has 0 amide bonds. The van der Waals surface area contributed by atoms with Crippen molar-refractivity contribution in [1.82, 2.24) is 5.48 Å². The molecule has 0 heterocycles. The van der Waals surface area contributed by atoms with Crippen molar-refractivity contribution in [3.8, 4) is 0 Å². The number of hydrogen-bond donors (Lipinski definition) is 4. The van der Waals surface area contributed by atoms with E-state index in [1.54, 1.807) is 0 Å². The van der Waals surface area contributed by atoms with Crippen molar-refractivity contribution in [3.05, 3.63) is 0 Å². The molecule has 0 aromatic rings. The van der Waals surface area contributed by atoms with Crippen LogP contribution in [0.5, 0.6) is 0 Å². The first-order chi connectivity index (χ1) is 5.19. The third-order valence-electron chi connectivity index (χ3n) is 0.922. The van der Waals surface area contributed by atoms with Crippen LogP contribution in [0, 0.1) is 0 Å². The predicted molar refractivity (Wildman–Crippen MR) is 36.7 cm³/mol. The van der Waals surface area contributed by atoms with Crippen LogP contribution in [0.25, 0.3) is 0 Å². The molecule has 14 heavy (non-hydrogen) atoms. The molecule has 0 aromatic heterocycles. The number of hydrogen-bond acceptors (Lipinski definition) is 6. The van der Waals surface area contributed by atoms with Gasteiger partial charge >= 0.3 is 59.1 Å². The third-order valence-corrected chi connectivity index (χ3v) is 4.04.